The van der Waals surface area contributed by atoms with Crippen LogP contribution in [0.2, 0.25) is 0 Å². The zero-order valence-electron chi connectivity index (χ0n) is 34.1. The molecule has 4 heteroatoms. The van der Waals surface area contributed by atoms with Crippen LogP contribution in [0.15, 0.2) is 120 Å². The van der Waals surface area contributed by atoms with Gasteiger partial charge in [-0.25, -0.2) is 0 Å². The Balaban J connectivity index is 0.000000193. The van der Waals surface area contributed by atoms with Gasteiger partial charge in [0.05, 0.1) is 5.58 Å². The third-order valence-corrected chi connectivity index (χ3v) is 7.69. The molecule has 0 unspecified atom stereocenters. The van der Waals surface area contributed by atoms with E-state index in [0.29, 0.717) is 33.7 Å². The fourth-order valence-corrected chi connectivity index (χ4v) is 5.69. The molecule has 235 valence electrons. The van der Waals surface area contributed by atoms with Crippen molar-refractivity contribution in [1.29, 1.82) is 0 Å². The van der Waals surface area contributed by atoms with Crippen LogP contribution in [0.25, 0.3) is 66.0 Å². The van der Waals surface area contributed by atoms with Crippen LogP contribution < -0.4 is 0 Å². The van der Waals surface area contributed by atoms with Gasteiger partial charge < -0.3 is 14.4 Å². The average molecular weight is 797 g/mol. The molecule has 3 aromatic heterocycles. The maximum atomic E-state index is 8.25. The Morgan fingerprint density at radius 3 is 2.32 bits per heavy atom. The molecular formula is C43H36IrN2O-2. The van der Waals surface area contributed by atoms with E-state index in [4.69, 9.17) is 15.4 Å². The standard InChI is InChI=1S/C26H16NO.C17H20N.Ir/c1-16-13-14-27-23(15-16)22-8-4-7-20-21-12-11-18-10-9-17-5-2-3-6-19(17)24(18)26(21)28-25(20)22;1-13-5-8-15(9-6-13)16-10-7-14(12-18-16)11-17(2,3)4;/h2-7,9-15H,1H3;5-8,10,12H,11H2,1-4H3;/q2*-1;/i1D3;1D3,11D2;. The quantitative estimate of drug-likeness (QED) is 0.132. The van der Waals surface area contributed by atoms with E-state index in [-0.39, 0.29) is 31.2 Å². The first-order valence-electron chi connectivity index (χ1n) is 19.1. The molecule has 3 heterocycles. The van der Waals surface area contributed by atoms with E-state index in [0.717, 1.165) is 37.9 Å². The van der Waals surface area contributed by atoms with Gasteiger partial charge in [-0.1, -0.05) is 111 Å². The van der Waals surface area contributed by atoms with Gasteiger partial charge in [0, 0.05) is 54.2 Å². The Bertz CT molecular complexity index is 2640. The summed E-state index contributed by atoms with van der Waals surface area (Å²) in [5, 5.41) is 6.44. The molecule has 47 heavy (non-hydrogen) atoms. The number of pyridine rings is 2. The van der Waals surface area contributed by atoms with Crippen LogP contribution in [0.4, 0.5) is 0 Å². The summed E-state index contributed by atoms with van der Waals surface area (Å²) in [5.74, 6) is 0. The number of hydrogen-bond acceptors (Lipinski definition) is 3. The Kier molecular flexibility index (Phi) is 6.66. The van der Waals surface area contributed by atoms with Crippen LogP contribution in [-0.4, -0.2) is 9.97 Å². The van der Waals surface area contributed by atoms with Crippen LogP contribution in [-0.2, 0) is 26.5 Å². The number of furan rings is 1. The number of aryl methyl sites for hydroxylation is 2. The minimum Gasteiger partial charge on any atom is -0.500 e. The van der Waals surface area contributed by atoms with Crippen LogP contribution in [0.5, 0.6) is 0 Å². The van der Waals surface area contributed by atoms with Gasteiger partial charge in [0.25, 0.3) is 0 Å². The predicted molar refractivity (Wildman–Crippen MR) is 192 cm³/mol. The van der Waals surface area contributed by atoms with E-state index in [2.05, 4.69) is 58.5 Å². The van der Waals surface area contributed by atoms with Gasteiger partial charge in [0.1, 0.15) is 5.58 Å². The van der Waals surface area contributed by atoms with Crippen LogP contribution in [0.3, 0.4) is 0 Å². The van der Waals surface area contributed by atoms with Gasteiger partial charge in [-0.05, 0) is 57.8 Å². The number of hydrogen-bond donors (Lipinski definition) is 0. The first kappa shape index (κ1) is 23.7. The SMILES string of the molecule is [2H]C([2H])([2H])c1c[c-]c(-c2ccc(C([2H])([2H])C(C)(C)C)cn2)cc1.[2H]C([2H])([2H])c1ccnc(-c2[c-]ccc3c2oc2c3ccc3ccc4ccccc4c32)c1.[Ir]. The molecule has 0 aliphatic rings. The van der Waals surface area contributed by atoms with Gasteiger partial charge in [-0.2, -0.15) is 0 Å². The van der Waals surface area contributed by atoms with E-state index in [1.165, 1.54) is 24.5 Å². The maximum Gasteiger partial charge on any atom is 0.129 e. The summed E-state index contributed by atoms with van der Waals surface area (Å²) >= 11 is 0. The van der Waals surface area contributed by atoms with Crippen molar-refractivity contribution < 1.29 is 35.5 Å². The largest absolute Gasteiger partial charge is 0.500 e. The molecule has 8 rings (SSSR count). The van der Waals surface area contributed by atoms with E-state index < -0.39 is 25.5 Å². The Hall–Kier alpha value is -4.63. The minimum atomic E-state index is -2.20. The van der Waals surface area contributed by atoms with Gasteiger partial charge in [-0.3, -0.25) is 0 Å². The average Bonchev–Trinajstić information content (AvgIpc) is 3.53. The monoisotopic (exact) mass is 797 g/mol. The van der Waals surface area contributed by atoms with E-state index in [1.807, 2.05) is 45.0 Å². The molecule has 0 amide bonds. The number of nitrogens with zero attached hydrogens (tertiary/aromatic N) is 2. The summed E-state index contributed by atoms with van der Waals surface area (Å²) in [4.78, 5) is 8.72. The van der Waals surface area contributed by atoms with Gasteiger partial charge >= 0.3 is 0 Å². The van der Waals surface area contributed by atoms with Gasteiger partial charge in [0.2, 0.25) is 0 Å². The minimum absolute atomic E-state index is 0. The smallest absolute Gasteiger partial charge is 0.129 e. The number of benzene rings is 5. The summed E-state index contributed by atoms with van der Waals surface area (Å²) < 4.78 is 68.2. The zero-order chi connectivity index (χ0) is 38.6. The Morgan fingerprint density at radius 2 is 1.55 bits per heavy atom. The van der Waals surface area contributed by atoms with E-state index >= 15 is 0 Å². The van der Waals surface area contributed by atoms with Crippen LogP contribution in [0, 0.1) is 31.3 Å². The van der Waals surface area contributed by atoms with Crippen molar-refractivity contribution in [3.8, 4) is 22.5 Å². The fourth-order valence-electron chi connectivity index (χ4n) is 5.69. The maximum absolute atomic E-state index is 8.25. The first-order valence-corrected chi connectivity index (χ1v) is 15.1. The molecule has 0 N–H and O–H groups in total. The molecule has 0 aliphatic carbocycles. The second-order valence-electron chi connectivity index (χ2n) is 12.3. The summed E-state index contributed by atoms with van der Waals surface area (Å²) in [5.41, 5.74) is 4.46. The number of fused-ring (bicyclic) bond motifs is 7. The predicted octanol–water partition coefficient (Wildman–Crippen LogP) is 11.5. The van der Waals surface area contributed by atoms with Crippen molar-refractivity contribution in [2.75, 3.05) is 0 Å². The molecule has 0 fully saturated rings. The first-order chi connectivity index (χ1) is 25.4. The van der Waals surface area contributed by atoms with Crippen LogP contribution in [0.1, 0.15) is 48.4 Å². The summed E-state index contributed by atoms with van der Waals surface area (Å²) in [7, 11) is 0. The molecule has 0 atom stereocenters. The fraction of sp³-hybridized carbons (Fsp3) is 0.163. The van der Waals surface area contributed by atoms with Crippen molar-refractivity contribution in [2.45, 2.75) is 40.8 Å². The second-order valence-corrected chi connectivity index (χ2v) is 12.3. The molecule has 0 saturated carbocycles. The zero-order valence-corrected chi connectivity index (χ0v) is 28.5. The molecule has 1 radical (unpaired) electrons. The molecule has 0 saturated heterocycles. The summed E-state index contributed by atoms with van der Waals surface area (Å²) in [6.07, 6.45) is 1.56. The molecule has 8 aromatic rings. The number of aromatic nitrogens is 2. The van der Waals surface area contributed by atoms with Crippen molar-refractivity contribution in [1.82, 2.24) is 9.97 Å². The second kappa shape index (κ2) is 13.2. The third-order valence-electron chi connectivity index (χ3n) is 7.69. The Morgan fingerprint density at radius 1 is 0.745 bits per heavy atom. The van der Waals surface area contributed by atoms with Crippen molar-refractivity contribution in [3.63, 3.8) is 0 Å². The third kappa shape index (κ3) is 6.76. The van der Waals surface area contributed by atoms with E-state index in [9.17, 15) is 0 Å². The van der Waals surface area contributed by atoms with E-state index in [1.54, 1.807) is 30.3 Å². The molecule has 0 aliphatic heterocycles. The van der Waals surface area contributed by atoms with Gasteiger partial charge in [-0.15, -0.1) is 53.6 Å². The van der Waals surface area contributed by atoms with Crippen molar-refractivity contribution in [2.24, 2.45) is 5.41 Å². The Labute approximate surface area is 301 Å². The topological polar surface area (TPSA) is 38.9 Å². The normalized spacial score (nSPS) is 14.8. The molecule has 3 nitrogen and oxygen atoms in total. The number of rotatable bonds is 3. The summed E-state index contributed by atoms with van der Waals surface area (Å²) in [6.45, 7) is 1.20. The summed E-state index contributed by atoms with van der Waals surface area (Å²) in [6, 6.07) is 37.9. The van der Waals surface area contributed by atoms with Crippen LogP contribution >= 0.6 is 0 Å². The van der Waals surface area contributed by atoms with Gasteiger partial charge in [0.15, 0.2) is 0 Å². The molecule has 0 bridgehead atoms. The van der Waals surface area contributed by atoms with Crippen molar-refractivity contribution >= 4 is 43.5 Å². The van der Waals surface area contributed by atoms with Crippen molar-refractivity contribution in [3.05, 3.63) is 144 Å². The molecule has 5 aromatic carbocycles. The molecular weight excluding hydrogens is 753 g/mol. The molecule has 0 spiro atoms.